The molecule has 14 heavy (non-hydrogen) atoms. The minimum absolute atomic E-state index is 0.461. The highest BCUT2D eigenvalue weighted by Gasteiger charge is 2.16. The Labute approximate surface area is 83.2 Å². The van der Waals surface area contributed by atoms with E-state index in [1.165, 1.54) is 0 Å². The second kappa shape index (κ2) is 4.52. The van der Waals surface area contributed by atoms with Crippen LogP contribution in [0.1, 0.15) is 24.6 Å². The van der Waals surface area contributed by atoms with E-state index in [1.54, 1.807) is 0 Å². The summed E-state index contributed by atoms with van der Waals surface area (Å²) in [6.07, 6.45) is 4.88. The van der Waals surface area contributed by atoms with Gasteiger partial charge in [0, 0.05) is 25.8 Å². The van der Waals surface area contributed by atoms with Crippen molar-refractivity contribution in [3.63, 3.8) is 0 Å². The molecule has 78 valence electrons. The van der Waals surface area contributed by atoms with Gasteiger partial charge in [-0.2, -0.15) is 0 Å². The van der Waals surface area contributed by atoms with Gasteiger partial charge in [-0.15, -0.1) is 5.10 Å². The second-order valence-electron chi connectivity index (χ2n) is 3.57. The molecular weight excluding hydrogens is 180 g/mol. The fourth-order valence-electron chi connectivity index (χ4n) is 1.70. The Kier molecular flexibility index (Phi) is 3.10. The van der Waals surface area contributed by atoms with Crippen molar-refractivity contribution in [2.75, 3.05) is 19.8 Å². The summed E-state index contributed by atoms with van der Waals surface area (Å²) >= 11 is 0. The van der Waals surface area contributed by atoms with Crippen LogP contribution < -0.4 is 5.73 Å². The first-order valence-electron chi connectivity index (χ1n) is 5.08. The van der Waals surface area contributed by atoms with Crippen molar-refractivity contribution in [2.24, 2.45) is 5.73 Å². The lowest BCUT2D eigenvalue weighted by Crippen LogP contribution is -2.20. The number of nitrogens with zero attached hydrogens (tertiary/aromatic N) is 3. The Morgan fingerprint density at radius 2 is 2.29 bits per heavy atom. The van der Waals surface area contributed by atoms with E-state index in [0.717, 1.165) is 38.2 Å². The Morgan fingerprint density at radius 1 is 1.50 bits per heavy atom. The van der Waals surface area contributed by atoms with Gasteiger partial charge in [-0.25, -0.2) is 4.68 Å². The molecule has 0 amide bonds. The monoisotopic (exact) mass is 196 g/mol. The Balaban J connectivity index is 2.00. The summed E-state index contributed by atoms with van der Waals surface area (Å²) < 4.78 is 7.25. The van der Waals surface area contributed by atoms with Crippen LogP contribution in [0, 0.1) is 0 Å². The van der Waals surface area contributed by atoms with Crippen LogP contribution >= 0.6 is 0 Å². The van der Waals surface area contributed by atoms with Gasteiger partial charge in [-0.3, -0.25) is 0 Å². The highest BCUT2D eigenvalue weighted by molar-refractivity contribution is 4.94. The molecule has 1 aliphatic rings. The molecule has 1 aromatic heterocycles. The van der Waals surface area contributed by atoms with Crippen molar-refractivity contribution in [1.82, 2.24) is 15.0 Å². The average molecular weight is 196 g/mol. The van der Waals surface area contributed by atoms with E-state index < -0.39 is 0 Å². The molecule has 2 heterocycles. The maximum Gasteiger partial charge on any atom is 0.0839 e. The number of hydrogen-bond acceptors (Lipinski definition) is 4. The predicted molar refractivity (Wildman–Crippen MR) is 51.9 cm³/mol. The van der Waals surface area contributed by atoms with Gasteiger partial charge >= 0.3 is 0 Å². The molecule has 0 spiro atoms. The van der Waals surface area contributed by atoms with Gasteiger partial charge in [0.2, 0.25) is 0 Å². The summed E-state index contributed by atoms with van der Waals surface area (Å²) in [5, 5.41) is 8.19. The zero-order valence-electron chi connectivity index (χ0n) is 8.22. The number of rotatable bonds is 3. The summed E-state index contributed by atoms with van der Waals surface area (Å²) in [5.41, 5.74) is 6.44. The highest BCUT2D eigenvalue weighted by atomic mass is 16.5. The van der Waals surface area contributed by atoms with Crippen LogP contribution in [0.15, 0.2) is 6.20 Å². The van der Waals surface area contributed by atoms with Crippen molar-refractivity contribution in [2.45, 2.75) is 25.3 Å². The van der Waals surface area contributed by atoms with Gasteiger partial charge in [-0.1, -0.05) is 5.21 Å². The summed E-state index contributed by atoms with van der Waals surface area (Å²) in [5.74, 6) is 0. The third-order valence-corrected chi connectivity index (χ3v) is 2.52. The van der Waals surface area contributed by atoms with E-state index in [2.05, 4.69) is 10.3 Å². The molecule has 1 fully saturated rings. The van der Waals surface area contributed by atoms with Crippen molar-refractivity contribution in [3.8, 4) is 0 Å². The van der Waals surface area contributed by atoms with Crippen molar-refractivity contribution >= 4 is 0 Å². The van der Waals surface area contributed by atoms with Gasteiger partial charge in [-0.05, 0) is 19.4 Å². The average Bonchev–Trinajstić information content (AvgIpc) is 2.68. The normalized spacial score (nSPS) is 18.6. The smallest absolute Gasteiger partial charge is 0.0839 e. The molecule has 0 radical (unpaired) electrons. The molecule has 0 bridgehead atoms. The van der Waals surface area contributed by atoms with Gasteiger partial charge in [0.15, 0.2) is 0 Å². The molecule has 5 nitrogen and oxygen atoms in total. The Morgan fingerprint density at radius 3 is 3.00 bits per heavy atom. The number of ether oxygens (including phenoxy) is 1. The van der Waals surface area contributed by atoms with E-state index in [-0.39, 0.29) is 0 Å². The van der Waals surface area contributed by atoms with E-state index in [9.17, 15) is 0 Å². The minimum Gasteiger partial charge on any atom is -0.381 e. The highest BCUT2D eigenvalue weighted by Crippen LogP contribution is 2.19. The fourth-order valence-corrected chi connectivity index (χ4v) is 1.70. The topological polar surface area (TPSA) is 66.0 Å². The predicted octanol–water partition coefficient (Wildman–Crippen LogP) is 0.131. The molecule has 0 saturated carbocycles. The molecule has 2 rings (SSSR count). The summed E-state index contributed by atoms with van der Waals surface area (Å²) in [7, 11) is 0. The summed E-state index contributed by atoms with van der Waals surface area (Å²) in [4.78, 5) is 0. The van der Waals surface area contributed by atoms with E-state index in [4.69, 9.17) is 10.5 Å². The van der Waals surface area contributed by atoms with Crippen LogP contribution in [0.5, 0.6) is 0 Å². The van der Waals surface area contributed by atoms with Crippen molar-refractivity contribution in [3.05, 3.63) is 11.9 Å². The van der Waals surface area contributed by atoms with E-state index in [1.807, 2.05) is 10.9 Å². The van der Waals surface area contributed by atoms with Crippen molar-refractivity contribution < 1.29 is 4.74 Å². The van der Waals surface area contributed by atoms with Crippen LogP contribution in [0.2, 0.25) is 0 Å². The quantitative estimate of drug-likeness (QED) is 0.746. The molecule has 1 aliphatic heterocycles. The number of hydrogen-bond donors (Lipinski definition) is 1. The van der Waals surface area contributed by atoms with Gasteiger partial charge < -0.3 is 10.5 Å². The van der Waals surface area contributed by atoms with Crippen LogP contribution in [-0.2, 0) is 11.2 Å². The van der Waals surface area contributed by atoms with E-state index in [0.29, 0.717) is 12.6 Å². The third kappa shape index (κ3) is 2.10. The molecule has 0 aromatic carbocycles. The maximum absolute atomic E-state index is 5.45. The zero-order chi connectivity index (χ0) is 9.80. The zero-order valence-corrected chi connectivity index (χ0v) is 8.22. The van der Waals surface area contributed by atoms with Crippen LogP contribution in [0.25, 0.3) is 0 Å². The second-order valence-corrected chi connectivity index (χ2v) is 3.57. The lowest BCUT2D eigenvalue weighted by Gasteiger charge is -2.21. The van der Waals surface area contributed by atoms with E-state index >= 15 is 0 Å². The Hall–Kier alpha value is -0.940. The largest absolute Gasteiger partial charge is 0.381 e. The summed E-state index contributed by atoms with van der Waals surface area (Å²) in [6, 6.07) is 0.461. The number of nitrogens with two attached hydrogens (primary N) is 1. The fraction of sp³-hybridized carbons (Fsp3) is 0.778. The van der Waals surface area contributed by atoms with Gasteiger partial charge in [0.25, 0.3) is 0 Å². The molecule has 2 N–H and O–H groups in total. The van der Waals surface area contributed by atoms with Crippen LogP contribution in [0.4, 0.5) is 0 Å². The lowest BCUT2D eigenvalue weighted by molar-refractivity contribution is 0.0657. The molecule has 0 unspecified atom stereocenters. The molecule has 1 saturated heterocycles. The molecule has 0 aliphatic carbocycles. The lowest BCUT2D eigenvalue weighted by atomic mass is 10.1. The first-order chi connectivity index (χ1) is 6.90. The molecule has 1 aromatic rings. The molecule has 5 heteroatoms. The van der Waals surface area contributed by atoms with Gasteiger partial charge in [0.1, 0.15) is 0 Å². The first kappa shape index (κ1) is 9.61. The third-order valence-electron chi connectivity index (χ3n) is 2.52. The minimum atomic E-state index is 0.461. The van der Waals surface area contributed by atoms with Gasteiger partial charge in [0.05, 0.1) is 11.7 Å². The Bertz CT molecular complexity index is 280. The van der Waals surface area contributed by atoms with Crippen LogP contribution in [-0.4, -0.2) is 34.8 Å². The molecular formula is C9H16N4O. The number of aromatic nitrogens is 3. The van der Waals surface area contributed by atoms with Crippen molar-refractivity contribution in [1.29, 1.82) is 0 Å². The first-order valence-corrected chi connectivity index (χ1v) is 5.08. The summed E-state index contributed by atoms with van der Waals surface area (Å²) in [6.45, 7) is 2.29. The SMILES string of the molecule is NCCc1cn(C2CCOCC2)nn1. The van der Waals surface area contributed by atoms with Crippen LogP contribution in [0.3, 0.4) is 0 Å². The standard InChI is InChI=1S/C9H16N4O/c10-4-1-8-7-13(12-11-8)9-2-5-14-6-3-9/h7,9H,1-6,10H2. The maximum atomic E-state index is 5.45. The molecule has 0 atom stereocenters.